The number of amides is 1. The van der Waals surface area contributed by atoms with E-state index in [0.29, 0.717) is 29.9 Å². The molecule has 136 valence electrons. The van der Waals surface area contributed by atoms with E-state index >= 15 is 0 Å². The van der Waals surface area contributed by atoms with Crippen LogP contribution in [0.25, 0.3) is 0 Å². The van der Waals surface area contributed by atoms with Crippen molar-refractivity contribution >= 4 is 11.9 Å². The van der Waals surface area contributed by atoms with Crippen LogP contribution in [-0.4, -0.2) is 49.4 Å². The predicted molar refractivity (Wildman–Crippen MR) is 86.3 cm³/mol. The van der Waals surface area contributed by atoms with Gasteiger partial charge in [0, 0.05) is 5.56 Å². The van der Waals surface area contributed by atoms with E-state index in [-0.39, 0.29) is 6.61 Å². The van der Waals surface area contributed by atoms with Crippen LogP contribution < -0.4 is 14.6 Å². The van der Waals surface area contributed by atoms with Crippen molar-refractivity contribution in [3.05, 3.63) is 23.8 Å². The highest BCUT2D eigenvalue weighted by molar-refractivity contribution is 5.97. The number of nitrogens with zero attached hydrogens (tertiary/aromatic N) is 1. The van der Waals surface area contributed by atoms with E-state index in [9.17, 15) is 14.7 Å². The molecule has 1 spiro atoms. The maximum Gasteiger partial charge on any atom is 0.256 e. The average molecular weight is 348 g/mol. The fourth-order valence-corrected chi connectivity index (χ4v) is 3.76. The first-order chi connectivity index (χ1) is 12.0. The van der Waals surface area contributed by atoms with E-state index in [1.165, 1.54) is 19.1 Å². The van der Waals surface area contributed by atoms with Crippen molar-refractivity contribution in [2.45, 2.75) is 43.9 Å². The zero-order valence-electron chi connectivity index (χ0n) is 14.4. The second kappa shape index (κ2) is 6.92. The van der Waals surface area contributed by atoms with Gasteiger partial charge in [-0.25, -0.2) is 0 Å². The van der Waals surface area contributed by atoms with Gasteiger partial charge < -0.3 is 24.1 Å². The summed E-state index contributed by atoms with van der Waals surface area (Å²) in [6.07, 6.45) is 4.12. The van der Waals surface area contributed by atoms with Gasteiger partial charge in [0.2, 0.25) is 0 Å². The molecule has 0 N–H and O–H groups in total. The number of carbonyl (C=O) groups is 2. The molecular weight excluding hydrogens is 326 g/mol. The van der Waals surface area contributed by atoms with Gasteiger partial charge in [-0.05, 0) is 43.9 Å². The molecule has 2 fully saturated rings. The summed E-state index contributed by atoms with van der Waals surface area (Å²) in [4.78, 5) is 26.1. The Morgan fingerprint density at radius 2 is 1.84 bits per heavy atom. The van der Waals surface area contributed by atoms with Crippen LogP contribution in [0, 0.1) is 0 Å². The van der Waals surface area contributed by atoms with Gasteiger partial charge in [-0.3, -0.25) is 9.69 Å². The summed E-state index contributed by atoms with van der Waals surface area (Å²) in [7, 11) is 2.99. The molecule has 1 atom stereocenters. The molecule has 1 aromatic rings. The molecule has 0 unspecified atom stereocenters. The Bertz CT molecular complexity index is 668. The Kier molecular flexibility index (Phi) is 4.85. The van der Waals surface area contributed by atoms with Gasteiger partial charge in [-0.2, -0.15) is 0 Å². The summed E-state index contributed by atoms with van der Waals surface area (Å²) < 4.78 is 16.3. The number of ether oxygens (including phenoxy) is 3. The largest absolute Gasteiger partial charge is 0.548 e. The fourth-order valence-electron chi connectivity index (χ4n) is 3.76. The Labute approximate surface area is 146 Å². The van der Waals surface area contributed by atoms with E-state index in [0.717, 1.165) is 19.3 Å². The third-order valence-corrected chi connectivity index (χ3v) is 5.02. The number of methoxy groups -OCH3 is 2. The number of carboxylic acid groups (broad SMARTS) is 1. The molecule has 7 nitrogen and oxygen atoms in total. The average Bonchev–Trinajstić information content (AvgIpc) is 2.99. The highest BCUT2D eigenvalue weighted by Gasteiger charge is 2.51. The van der Waals surface area contributed by atoms with Gasteiger partial charge in [0.15, 0.2) is 11.5 Å². The van der Waals surface area contributed by atoms with Crippen LogP contribution in [0.5, 0.6) is 11.5 Å². The number of hydrogen-bond donors (Lipinski definition) is 0. The van der Waals surface area contributed by atoms with Gasteiger partial charge in [0.25, 0.3) is 5.91 Å². The van der Waals surface area contributed by atoms with E-state index in [2.05, 4.69) is 0 Å². The summed E-state index contributed by atoms with van der Waals surface area (Å²) in [6, 6.07) is 3.70. The zero-order valence-corrected chi connectivity index (χ0v) is 14.4. The molecule has 25 heavy (non-hydrogen) atoms. The maximum atomic E-state index is 13.2. The van der Waals surface area contributed by atoms with Gasteiger partial charge >= 0.3 is 0 Å². The molecule has 1 saturated carbocycles. The van der Waals surface area contributed by atoms with Crippen LogP contribution >= 0.6 is 0 Å². The molecule has 1 aliphatic carbocycles. The summed E-state index contributed by atoms with van der Waals surface area (Å²) in [6.45, 7) is -0.0403. The Balaban J connectivity index is 1.97. The number of hydrogen-bond acceptors (Lipinski definition) is 6. The summed E-state index contributed by atoms with van der Waals surface area (Å²) >= 11 is 0. The molecule has 1 aliphatic heterocycles. The van der Waals surface area contributed by atoms with Crippen molar-refractivity contribution in [2.75, 3.05) is 20.8 Å². The van der Waals surface area contributed by atoms with Crippen molar-refractivity contribution < 1.29 is 28.9 Å². The lowest BCUT2D eigenvalue weighted by Crippen LogP contribution is -2.57. The molecule has 0 aromatic heterocycles. The van der Waals surface area contributed by atoms with Crippen LogP contribution in [0.4, 0.5) is 0 Å². The molecule has 1 saturated heterocycles. The van der Waals surface area contributed by atoms with E-state index < -0.39 is 23.6 Å². The minimum atomic E-state index is -1.30. The first-order valence-electron chi connectivity index (χ1n) is 8.43. The van der Waals surface area contributed by atoms with Crippen molar-refractivity contribution in [3.8, 4) is 11.5 Å². The Morgan fingerprint density at radius 3 is 2.44 bits per heavy atom. The molecule has 1 aromatic carbocycles. The lowest BCUT2D eigenvalue weighted by atomic mass is 9.89. The van der Waals surface area contributed by atoms with E-state index in [4.69, 9.17) is 14.2 Å². The van der Waals surface area contributed by atoms with Crippen molar-refractivity contribution in [1.29, 1.82) is 0 Å². The first kappa shape index (κ1) is 17.5. The summed E-state index contributed by atoms with van der Waals surface area (Å²) in [5.74, 6) is -0.775. The Hall–Kier alpha value is -2.28. The smallest absolute Gasteiger partial charge is 0.256 e. The van der Waals surface area contributed by atoms with Crippen LogP contribution in [0.2, 0.25) is 0 Å². The molecule has 3 rings (SSSR count). The topological polar surface area (TPSA) is 88.1 Å². The molecule has 7 heteroatoms. The normalized spacial score (nSPS) is 22.0. The zero-order chi connectivity index (χ0) is 18.0. The molecule has 1 amide bonds. The van der Waals surface area contributed by atoms with Gasteiger partial charge in [-0.1, -0.05) is 6.42 Å². The second-order valence-electron chi connectivity index (χ2n) is 6.40. The maximum absolute atomic E-state index is 13.2. The highest BCUT2D eigenvalue weighted by Crippen LogP contribution is 2.41. The standard InChI is InChI=1S/C18H23NO6/c1-23-14-7-6-12(10-15(14)24-2)16(20)19-13(17(21)22)11-25-18(19)8-4-3-5-9-18/h6-7,10,13H,3-5,8-9,11H2,1-2H3,(H,21,22)/p-1/t13-/m1/s1. The number of aliphatic carboxylic acids is 1. The molecule has 0 radical (unpaired) electrons. The summed E-state index contributed by atoms with van der Waals surface area (Å²) in [5.41, 5.74) is -0.521. The van der Waals surface area contributed by atoms with Crippen LogP contribution in [0.3, 0.4) is 0 Å². The molecule has 0 bridgehead atoms. The third-order valence-electron chi connectivity index (χ3n) is 5.02. The van der Waals surface area contributed by atoms with Crippen LogP contribution in [0.15, 0.2) is 18.2 Å². The highest BCUT2D eigenvalue weighted by atomic mass is 16.5. The minimum absolute atomic E-state index is 0.0403. The number of benzene rings is 1. The second-order valence-corrected chi connectivity index (χ2v) is 6.40. The lowest BCUT2D eigenvalue weighted by Gasteiger charge is -2.42. The SMILES string of the molecule is COc1ccc(C(=O)N2[C@@H](C(=O)[O-])COC23CCCCC3)cc1OC. The van der Waals surface area contributed by atoms with E-state index in [1.54, 1.807) is 18.2 Å². The lowest BCUT2D eigenvalue weighted by molar-refractivity contribution is -0.310. The Morgan fingerprint density at radius 1 is 1.16 bits per heavy atom. The quantitative estimate of drug-likeness (QED) is 0.805. The monoisotopic (exact) mass is 348 g/mol. The number of rotatable bonds is 4. The van der Waals surface area contributed by atoms with Gasteiger partial charge in [0.1, 0.15) is 5.72 Å². The number of carboxylic acids is 1. The predicted octanol–water partition coefficient (Wildman–Crippen LogP) is 0.955. The van der Waals surface area contributed by atoms with E-state index in [1.807, 2.05) is 0 Å². The van der Waals surface area contributed by atoms with Crippen molar-refractivity contribution in [1.82, 2.24) is 4.90 Å². The fraction of sp³-hybridized carbons (Fsp3) is 0.556. The van der Waals surface area contributed by atoms with Gasteiger partial charge in [-0.15, -0.1) is 0 Å². The first-order valence-corrected chi connectivity index (χ1v) is 8.43. The van der Waals surface area contributed by atoms with Crippen molar-refractivity contribution in [2.24, 2.45) is 0 Å². The summed E-state index contributed by atoms with van der Waals surface area (Å²) in [5, 5.41) is 11.6. The van der Waals surface area contributed by atoms with Crippen LogP contribution in [0.1, 0.15) is 42.5 Å². The van der Waals surface area contributed by atoms with Crippen molar-refractivity contribution in [3.63, 3.8) is 0 Å². The van der Waals surface area contributed by atoms with Crippen LogP contribution in [-0.2, 0) is 9.53 Å². The molecule has 1 heterocycles. The molecule has 2 aliphatic rings. The molecular formula is C18H22NO6-. The number of carbonyl (C=O) groups excluding carboxylic acids is 2. The van der Waals surface area contributed by atoms with Gasteiger partial charge in [0.05, 0.1) is 32.8 Å². The minimum Gasteiger partial charge on any atom is -0.548 e. The third kappa shape index (κ3) is 3.04.